The summed E-state index contributed by atoms with van der Waals surface area (Å²) in [7, 11) is 0. The summed E-state index contributed by atoms with van der Waals surface area (Å²) in [6.07, 6.45) is 3.93. The molecule has 1 aliphatic heterocycles. The molecule has 0 amide bonds. The molecule has 26 heavy (non-hydrogen) atoms. The summed E-state index contributed by atoms with van der Waals surface area (Å²) in [4.78, 5) is 9.25. The highest BCUT2D eigenvalue weighted by atomic mass is 35.5. The number of thiol groups is 1. The number of halogens is 1. The second-order valence-corrected chi connectivity index (χ2v) is 7.17. The molecule has 4 rings (SSSR count). The number of aromatic nitrogens is 4. The Labute approximate surface area is 163 Å². The van der Waals surface area contributed by atoms with Crippen LogP contribution >= 0.6 is 24.2 Å². The van der Waals surface area contributed by atoms with E-state index < -0.39 is 0 Å². The Morgan fingerprint density at radius 2 is 1.88 bits per heavy atom. The van der Waals surface area contributed by atoms with Gasteiger partial charge < -0.3 is 5.32 Å². The number of nitrogens with one attached hydrogen (secondary N) is 2. The molecule has 0 aliphatic carbocycles. The van der Waals surface area contributed by atoms with Crippen molar-refractivity contribution in [1.82, 2.24) is 25.5 Å². The smallest absolute Gasteiger partial charge is 0.163 e. The molecule has 1 fully saturated rings. The van der Waals surface area contributed by atoms with Gasteiger partial charge in [-0.15, -0.1) is 0 Å². The van der Waals surface area contributed by atoms with Crippen LogP contribution in [0.15, 0.2) is 36.5 Å². The van der Waals surface area contributed by atoms with Gasteiger partial charge in [-0.05, 0) is 44.1 Å². The lowest BCUT2D eigenvalue weighted by Crippen LogP contribution is -2.27. The predicted molar refractivity (Wildman–Crippen MR) is 108 cm³/mol. The summed E-state index contributed by atoms with van der Waals surface area (Å²) in [5.41, 5.74) is 4.88. The molecule has 1 aliphatic rings. The van der Waals surface area contributed by atoms with Crippen LogP contribution in [0, 0.1) is 0 Å². The zero-order chi connectivity index (χ0) is 17.9. The molecule has 0 atom stereocenters. The maximum absolute atomic E-state index is 6.05. The van der Waals surface area contributed by atoms with Crippen molar-refractivity contribution in [1.29, 1.82) is 0 Å². The van der Waals surface area contributed by atoms with Crippen molar-refractivity contribution in [3.05, 3.63) is 52.9 Å². The van der Waals surface area contributed by atoms with Crippen LogP contribution in [-0.2, 0) is 5.75 Å². The lowest BCUT2D eigenvalue weighted by atomic mass is 9.90. The minimum Gasteiger partial charge on any atom is -0.317 e. The highest BCUT2D eigenvalue weighted by Crippen LogP contribution is 2.37. The number of hydrogen-bond acceptors (Lipinski definition) is 5. The largest absolute Gasteiger partial charge is 0.317 e. The minimum absolute atomic E-state index is 0.419. The Balaban J connectivity index is 1.86. The lowest BCUT2D eigenvalue weighted by Gasteiger charge is -2.22. The van der Waals surface area contributed by atoms with Crippen LogP contribution in [0.2, 0.25) is 5.02 Å². The van der Waals surface area contributed by atoms with Crippen LogP contribution in [0.25, 0.3) is 22.6 Å². The summed E-state index contributed by atoms with van der Waals surface area (Å²) in [6, 6.07) is 9.62. The van der Waals surface area contributed by atoms with Gasteiger partial charge in [-0.1, -0.05) is 23.7 Å². The first kappa shape index (κ1) is 17.5. The van der Waals surface area contributed by atoms with Crippen LogP contribution in [0.4, 0.5) is 0 Å². The summed E-state index contributed by atoms with van der Waals surface area (Å²) < 4.78 is 0. The molecular formula is C19H20ClN5S. The number of rotatable bonds is 4. The molecule has 2 N–H and O–H groups in total. The van der Waals surface area contributed by atoms with Gasteiger partial charge in [0, 0.05) is 28.5 Å². The fraction of sp³-hybridized carbons (Fsp3) is 0.316. The molecule has 3 aromatic rings. The SMILES string of the molecule is SCc1ccnc(-c2c(-c3ccc(Cl)cc3)n[nH]c2C2CCNCC2)n1. The standard InChI is InChI=1S/C19H20ClN5S/c20-14-3-1-12(2-4-14)17-16(19-22-10-7-15(11-26)23-19)18(25-24-17)13-5-8-21-9-6-13/h1-4,7,10,13,21,26H,5-6,8-9,11H2,(H,24,25). The topological polar surface area (TPSA) is 66.5 Å². The fourth-order valence-corrected chi connectivity index (χ4v) is 3.71. The van der Waals surface area contributed by atoms with Crippen LogP contribution < -0.4 is 5.32 Å². The molecule has 0 radical (unpaired) electrons. The molecule has 0 spiro atoms. The third kappa shape index (κ3) is 3.49. The van der Waals surface area contributed by atoms with Crippen LogP contribution in [0.1, 0.15) is 30.1 Å². The van der Waals surface area contributed by atoms with Crippen molar-refractivity contribution in [2.45, 2.75) is 24.5 Å². The molecule has 1 saturated heterocycles. The van der Waals surface area contributed by atoms with Crippen molar-refractivity contribution in [2.24, 2.45) is 0 Å². The molecule has 0 unspecified atom stereocenters. The Morgan fingerprint density at radius 3 is 2.62 bits per heavy atom. The predicted octanol–water partition coefficient (Wildman–Crippen LogP) is 4.08. The zero-order valence-electron chi connectivity index (χ0n) is 14.2. The molecule has 5 nitrogen and oxygen atoms in total. The number of H-pyrrole nitrogens is 1. The van der Waals surface area contributed by atoms with Gasteiger partial charge in [0.2, 0.25) is 0 Å². The molecule has 2 aromatic heterocycles. The molecule has 134 valence electrons. The van der Waals surface area contributed by atoms with E-state index in [4.69, 9.17) is 16.6 Å². The van der Waals surface area contributed by atoms with Crippen molar-refractivity contribution < 1.29 is 0 Å². The van der Waals surface area contributed by atoms with E-state index in [-0.39, 0.29) is 0 Å². The van der Waals surface area contributed by atoms with E-state index in [9.17, 15) is 0 Å². The Kier molecular flexibility index (Phi) is 5.24. The van der Waals surface area contributed by atoms with Gasteiger partial charge in [0.15, 0.2) is 5.82 Å². The number of hydrogen-bond donors (Lipinski definition) is 3. The van der Waals surface area contributed by atoms with E-state index in [1.165, 1.54) is 0 Å². The van der Waals surface area contributed by atoms with Crippen molar-refractivity contribution in [3.63, 3.8) is 0 Å². The maximum Gasteiger partial charge on any atom is 0.163 e. The summed E-state index contributed by atoms with van der Waals surface area (Å²) in [6.45, 7) is 2.02. The third-order valence-electron chi connectivity index (χ3n) is 4.76. The number of piperidine rings is 1. The summed E-state index contributed by atoms with van der Waals surface area (Å²) in [5, 5.41) is 12.0. The Hall–Kier alpha value is -1.89. The van der Waals surface area contributed by atoms with E-state index in [0.717, 1.165) is 54.1 Å². The molecule has 1 aromatic carbocycles. The van der Waals surface area contributed by atoms with Gasteiger partial charge in [-0.25, -0.2) is 9.97 Å². The molecule has 7 heteroatoms. The highest BCUT2D eigenvalue weighted by Gasteiger charge is 2.26. The number of benzene rings is 1. The average molecular weight is 386 g/mol. The van der Waals surface area contributed by atoms with E-state index in [0.29, 0.717) is 22.5 Å². The Morgan fingerprint density at radius 1 is 1.12 bits per heavy atom. The van der Waals surface area contributed by atoms with Crippen molar-refractivity contribution >= 4 is 24.2 Å². The average Bonchev–Trinajstić information content (AvgIpc) is 3.14. The van der Waals surface area contributed by atoms with Gasteiger partial charge in [0.1, 0.15) is 5.69 Å². The second kappa shape index (κ2) is 7.78. The quantitative estimate of drug-likeness (QED) is 0.592. The van der Waals surface area contributed by atoms with Crippen molar-refractivity contribution in [2.75, 3.05) is 13.1 Å². The normalized spacial score (nSPS) is 15.3. The highest BCUT2D eigenvalue weighted by molar-refractivity contribution is 7.79. The fourth-order valence-electron chi connectivity index (χ4n) is 3.41. The van der Waals surface area contributed by atoms with Crippen LogP contribution in [-0.4, -0.2) is 33.3 Å². The monoisotopic (exact) mass is 385 g/mol. The van der Waals surface area contributed by atoms with E-state index in [1.54, 1.807) is 6.20 Å². The molecule has 0 saturated carbocycles. The molecule has 3 heterocycles. The minimum atomic E-state index is 0.419. The van der Waals surface area contributed by atoms with Crippen LogP contribution in [0.5, 0.6) is 0 Å². The van der Waals surface area contributed by atoms with Crippen molar-refractivity contribution in [3.8, 4) is 22.6 Å². The zero-order valence-corrected chi connectivity index (χ0v) is 15.9. The van der Waals surface area contributed by atoms with E-state index in [1.807, 2.05) is 30.3 Å². The first-order chi connectivity index (χ1) is 12.8. The summed E-state index contributed by atoms with van der Waals surface area (Å²) >= 11 is 10.4. The first-order valence-electron chi connectivity index (χ1n) is 8.74. The van der Waals surface area contributed by atoms with Gasteiger partial charge in [0.25, 0.3) is 0 Å². The third-order valence-corrected chi connectivity index (χ3v) is 5.33. The summed E-state index contributed by atoms with van der Waals surface area (Å²) in [5.74, 6) is 1.69. The molecular weight excluding hydrogens is 366 g/mol. The Bertz CT molecular complexity index is 887. The maximum atomic E-state index is 6.05. The first-order valence-corrected chi connectivity index (χ1v) is 9.75. The number of aromatic amines is 1. The number of nitrogens with zero attached hydrogens (tertiary/aromatic N) is 3. The molecule has 0 bridgehead atoms. The van der Waals surface area contributed by atoms with Gasteiger partial charge in [0.05, 0.1) is 17.0 Å². The van der Waals surface area contributed by atoms with Gasteiger partial charge >= 0.3 is 0 Å². The second-order valence-electron chi connectivity index (χ2n) is 6.42. The van der Waals surface area contributed by atoms with E-state index >= 15 is 0 Å². The lowest BCUT2D eigenvalue weighted by molar-refractivity contribution is 0.453. The van der Waals surface area contributed by atoms with Gasteiger partial charge in [-0.3, -0.25) is 5.10 Å². The van der Waals surface area contributed by atoms with E-state index in [2.05, 4.69) is 33.1 Å². The van der Waals surface area contributed by atoms with Gasteiger partial charge in [-0.2, -0.15) is 17.7 Å². The van der Waals surface area contributed by atoms with Crippen LogP contribution in [0.3, 0.4) is 0 Å².